The summed E-state index contributed by atoms with van der Waals surface area (Å²) in [5.74, 6) is -1.07. The molecule has 4 rings (SSSR count). The van der Waals surface area contributed by atoms with E-state index >= 15 is 0 Å². The first kappa shape index (κ1) is 29.9. The minimum Gasteiger partial charge on any atom is -0.467 e. The number of likely N-dealkylation sites (tertiary alicyclic amines) is 1. The summed E-state index contributed by atoms with van der Waals surface area (Å²) in [5.41, 5.74) is 3.88. The number of hydrogen-bond acceptors (Lipinski definition) is 7. The molecule has 41 heavy (non-hydrogen) atoms. The third-order valence-corrected chi connectivity index (χ3v) is 7.27. The average molecular weight is 566 g/mol. The van der Waals surface area contributed by atoms with Crippen molar-refractivity contribution in [2.24, 2.45) is 0 Å². The molecule has 2 atom stereocenters. The van der Waals surface area contributed by atoms with Crippen molar-refractivity contribution >= 4 is 24.1 Å². The fraction of sp³-hybridized carbons (Fsp3) is 0.484. The molecule has 3 amide bonds. The number of carbonyl (C=O) groups is 4. The van der Waals surface area contributed by atoms with Crippen LogP contribution in [0.25, 0.3) is 11.1 Å². The molecule has 0 bridgehead atoms. The monoisotopic (exact) mass is 565 g/mol. The van der Waals surface area contributed by atoms with Gasteiger partial charge in [0.2, 0.25) is 5.91 Å². The lowest BCUT2D eigenvalue weighted by Crippen LogP contribution is -2.52. The molecule has 1 aliphatic carbocycles. The van der Waals surface area contributed by atoms with Gasteiger partial charge in [0.1, 0.15) is 24.3 Å². The molecule has 2 aromatic rings. The SMILES string of the molecule is COC(=O)[C@H](CCCNC(=O)OCC1c2ccccc2-c2ccccc21)NC(=O)[C@@H]1CCCN1C(=O)OC(C)(C)C. The fourth-order valence-electron chi connectivity index (χ4n) is 5.38. The van der Waals surface area contributed by atoms with E-state index in [-0.39, 0.29) is 25.5 Å². The lowest BCUT2D eigenvalue weighted by Gasteiger charge is -2.28. The zero-order valence-corrected chi connectivity index (χ0v) is 24.1. The summed E-state index contributed by atoms with van der Waals surface area (Å²) in [6, 6.07) is 14.6. The third kappa shape index (κ3) is 7.36. The van der Waals surface area contributed by atoms with Crippen LogP contribution in [0.15, 0.2) is 48.5 Å². The summed E-state index contributed by atoms with van der Waals surface area (Å²) < 4.78 is 15.9. The van der Waals surface area contributed by atoms with Crippen molar-refractivity contribution in [2.75, 3.05) is 26.8 Å². The van der Waals surface area contributed by atoms with Gasteiger partial charge in [0, 0.05) is 19.0 Å². The molecule has 1 aliphatic heterocycles. The van der Waals surface area contributed by atoms with Gasteiger partial charge in [0.05, 0.1) is 7.11 Å². The summed E-state index contributed by atoms with van der Waals surface area (Å²) in [5, 5.41) is 5.44. The second-order valence-corrected chi connectivity index (χ2v) is 11.3. The lowest BCUT2D eigenvalue weighted by atomic mass is 9.98. The van der Waals surface area contributed by atoms with Crippen molar-refractivity contribution in [3.63, 3.8) is 0 Å². The van der Waals surface area contributed by atoms with E-state index in [4.69, 9.17) is 14.2 Å². The van der Waals surface area contributed by atoms with Crippen molar-refractivity contribution in [1.29, 1.82) is 0 Å². The molecule has 2 aromatic carbocycles. The van der Waals surface area contributed by atoms with Crippen LogP contribution in [0.3, 0.4) is 0 Å². The smallest absolute Gasteiger partial charge is 0.410 e. The van der Waals surface area contributed by atoms with Gasteiger partial charge in [0.15, 0.2) is 0 Å². The van der Waals surface area contributed by atoms with Crippen LogP contribution >= 0.6 is 0 Å². The number of nitrogens with zero attached hydrogens (tertiary/aromatic N) is 1. The van der Waals surface area contributed by atoms with E-state index < -0.39 is 41.7 Å². The van der Waals surface area contributed by atoms with E-state index in [0.717, 1.165) is 22.3 Å². The molecule has 10 nitrogen and oxygen atoms in total. The number of alkyl carbamates (subject to hydrolysis) is 1. The number of rotatable bonds is 9. The molecule has 1 fully saturated rings. The average Bonchev–Trinajstić information content (AvgIpc) is 3.56. The van der Waals surface area contributed by atoms with Gasteiger partial charge in [-0.15, -0.1) is 0 Å². The Balaban J connectivity index is 1.25. The highest BCUT2D eigenvalue weighted by atomic mass is 16.6. The standard InChI is InChI=1S/C31H39N3O7/c1-31(2,3)41-30(38)34-18-10-16-26(34)27(35)33-25(28(36)39-4)15-9-17-32-29(37)40-19-24-22-13-7-5-11-20(22)21-12-6-8-14-23(21)24/h5-8,11-14,24-26H,9-10,15-19H2,1-4H3,(H,32,37)(H,33,35)/t25-,26-/m0/s1. The molecule has 1 saturated heterocycles. The molecular weight excluding hydrogens is 526 g/mol. The first-order valence-electron chi connectivity index (χ1n) is 14.1. The van der Waals surface area contributed by atoms with Gasteiger partial charge in [-0.1, -0.05) is 48.5 Å². The summed E-state index contributed by atoms with van der Waals surface area (Å²) in [6.07, 6.45) is 0.653. The molecule has 0 saturated carbocycles. The molecule has 1 heterocycles. The summed E-state index contributed by atoms with van der Waals surface area (Å²) >= 11 is 0. The number of carbonyl (C=O) groups excluding carboxylic acids is 4. The Morgan fingerprint density at radius 2 is 1.63 bits per heavy atom. The van der Waals surface area contributed by atoms with Gasteiger partial charge in [-0.25, -0.2) is 14.4 Å². The van der Waals surface area contributed by atoms with E-state index in [1.165, 1.54) is 12.0 Å². The number of nitrogens with one attached hydrogen (secondary N) is 2. The Kier molecular flexibility index (Phi) is 9.52. The second-order valence-electron chi connectivity index (χ2n) is 11.3. The number of benzene rings is 2. The molecule has 2 aliphatic rings. The highest BCUT2D eigenvalue weighted by molar-refractivity contribution is 5.90. The molecule has 0 aromatic heterocycles. The largest absolute Gasteiger partial charge is 0.467 e. The maximum Gasteiger partial charge on any atom is 0.410 e. The van der Waals surface area contributed by atoms with Gasteiger partial charge >= 0.3 is 18.2 Å². The van der Waals surface area contributed by atoms with Crippen molar-refractivity contribution in [1.82, 2.24) is 15.5 Å². The van der Waals surface area contributed by atoms with E-state index in [9.17, 15) is 19.2 Å². The highest BCUT2D eigenvalue weighted by Crippen LogP contribution is 2.44. The topological polar surface area (TPSA) is 123 Å². The zero-order valence-electron chi connectivity index (χ0n) is 24.1. The van der Waals surface area contributed by atoms with Crippen molar-refractivity contribution < 1.29 is 33.4 Å². The van der Waals surface area contributed by atoms with Crippen LogP contribution in [0, 0.1) is 0 Å². The number of ether oxygens (including phenoxy) is 3. The van der Waals surface area contributed by atoms with Gasteiger partial charge < -0.3 is 24.8 Å². The van der Waals surface area contributed by atoms with Crippen LogP contribution in [0.5, 0.6) is 0 Å². The van der Waals surface area contributed by atoms with Gasteiger partial charge in [-0.3, -0.25) is 9.69 Å². The summed E-state index contributed by atoms with van der Waals surface area (Å²) in [6.45, 7) is 6.14. The Morgan fingerprint density at radius 1 is 1.00 bits per heavy atom. The lowest BCUT2D eigenvalue weighted by molar-refractivity contribution is -0.145. The normalized spacial score (nSPS) is 16.8. The number of hydrogen-bond donors (Lipinski definition) is 2. The van der Waals surface area contributed by atoms with Crippen molar-refractivity contribution in [2.45, 2.75) is 70.1 Å². The van der Waals surface area contributed by atoms with Gasteiger partial charge in [-0.05, 0) is 68.7 Å². The maximum absolute atomic E-state index is 13.0. The highest BCUT2D eigenvalue weighted by Gasteiger charge is 2.38. The molecule has 0 spiro atoms. The molecule has 0 radical (unpaired) electrons. The van der Waals surface area contributed by atoms with Crippen molar-refractivity contribution in [3.8, 4) is 11.1 Å². The predicted octanol–water partition coefficient (Wildman–Crippen LogP) is 4.36. The van der Waals surface area contributed by atoms with E-state index in [1.54, 1.807) is 20.8 Å². The van der Waals surface area contributed by atoms with Gasteiger partial charge in [-0.2, -0.15) is 0 Å². The zero-order chi connectivity index (χ0) is 29.6. The fourth-order valence-corrected chi connectivity index (χ4v) is 5.38. The molecule has 220 valence electrons. The quantitative estimate of drug-likeness (QED) is 0.263. The predicted molar refractivity (Wildman–Crippen MR) is 152 cm³/mol. The molecule has 10 heteroatoms. The first-order chi connectivity index (χ1) is 19.6. The van der Waals surface area contributed by atoms with Crippen LogP contribution in [0.2, 0.25) is 0 Å². The van der Waals surface area contributed by atoms with Crippen LogP contribution in [0.1, 0.15) is 63.5 Å². The molecular formula is C31H39N3O7. The number of methoxy groups -OCH3 is 1. The molecule has 2 N–H and O–H groups in total. The van der Waals surface area contributed by atoms with Crippen molar-refractivity contribution in [3.05, 3.63) is 59.7 Å². The van der Waals surface area contributed by atoms with Crippen LogP contribution < -0.4 is 10.6 Å². The number of esters is 1. The number of amides is 3. The summed E-state index contributed by atoms with van der Waals surface area (Å²) in [7, 11) is 1.25. The Morgan fingerprint density at radius 3 is 2.24 bits per heavy atom. The first-order valence-corrected chi connectivity index (χ1v) is 14.1. The summed E-state index contributed by atoms with van der Waals surface area (Å²) in [4.78, 5) is 51.8. The van der Waals surface area contributed by atoms with E-state index in [2.05, 4.69) is 34.9 Å². The second kappa shape index (κ2) is 13.1. The minimum atomic E-state index is -0.919. The van der Waals surface area contributed by atoms with Crippen LogP contribution in [0.4, 0.5) is 9.59 Å². The van der Waals surface area contributed by atoms with Crippen LogP contribution in [-0.4, -0.2) is 73.5 Å². The van der Waals surface area contributed by atoms with Gasteiger partial charge in [0.25, 0.3) is 0 Å². The third-order valence-electron chi connectivity index (χ3n) is 7.27. The van der Waals surface area contributed by atoms with Crippen LogP contribution in [-0.2, 0) is 23.8 Å². The minimum absolute atomic E-state index is 0.0390. The number of fused-ring (bicyclic) bond motifs is 3. The molecule has 0 unspecified atom stereocenters. The Bertz CT molecular complexity index is 1230. The Labute approximate surface area is 240 Å². The van der Waals surface area contributed by atoms with E-state index in [1.807, 2.05) is 24.3 Å². The van der Waals surface area contributed by atoms with E-state index in [0.29, 0.717) is 25.8 Å². The Hall–Kier alpha value is -4.08. The maximum atomic E-state index is 13.0.